The van der Waals surface area contributed by atoms with Crippen LogP contribution in [0.2, 0.25) is 0 Å². The van der Waals surface area contributed by atoms with E-state index in [1.165, 1.54) is 0 Å². The molecule has 0 bridgehead atoms. The van der Waals surface area contributed by atoms with Gasteiger partial charge in [0.1, 0.15) is 11.7 Å². The Hall–Kier alpha value is -3.55. The number of aryl methyl sites for hydroxylation is 1. The van der Waals surface area contributed by atoms with Crippen LogP contribution in [0.5, 0.6) is 0 Å². The molecule has 1 unspecified atom stereocenters. The number of carbonyl (C=O) groups is 1. The van der Waals surface area contributed by atoms with Gasteiger partial charge in [0.05, 0.1) is 10.9 Å². The van der Waals surface area contributed by atoms with Crippen LogP contribution in [0.3, 0.4) is 0 Å². The first-order chi connectivity index (χ1) is 14.1. The van der Waals surface area contributed by atoms with Gasteiger partial charge in [-0.25, -0.2) is 4.98 Å². The van der Waals surface area contributed by atoms with Crippen LogP contribution < -0.4 is 5.32 Å². The highest BCUT2D eigenvalue weighted by molar-refractivity contribution is 6.09. The quantitative estimate of drug-likeness (QED) is 0.551. The highest BCUT2D eigenvalue weighted by Gasteiger charge is 2.30. The lowest BCUT2D eigenvalue weighted by molar-refractivity contribution is 0.0934. The number of rotatable bonds is 5. The summed E-state index contributed by atoms with van der Waals surface area (Å²) in [5.41, 5.74) is 3.18. The van der Waals surface area contributed by atoms with E-state index in [2.05, 4.69) is 25.6 Å². The van der Waals surface area contributed by atoms with Crippen molar-refractivity contribution in [2.24, 2.45) is 0 Å². The molecule has 1 atom stereocenters. The highest BCUT2D eigenvalue weighted by Crippen LogP contribution is 2.41. The van der Waals surface area contributed by atoms with Crippen molar-refractivity contribution in [1.29, 1.82) is 0 Å². The van der Waals surface area contributed by atoms with Gasteiger partial charge in [-0.1, -0.05) is 40.6 Å². The van der Waals surface area contributed by atoms with E-state index in [1.807, 2.05) is 36.4 Å². The zero-order valence-corrected chi connectivity index (χ0v) is 16.0. The molecule has 1 saturated carbocycles. The van der Waals surface area contributed by atoms with Gasteiger partial charge in [-0.05, 0) is 32.8 Å². The Morgan fingerprint density at radius 2 is 1.93 bits per heavy atom. The van der Waals surface area contributed by atoms with Crippen molar-refractivity contribution in [3.05, 3.63) is 59.4 Å². The van der Waals surface area contributed by atoms with Gasteiger partial charge in [-0.2, -0.15) is 4.98 Å². The molecule has 8 nitrogen and oxygen atoms in total. The van der Waals surface area contributed by atoms with Crippen molar-refractivity contribution in [3.63, 3.8) is 0 Å². The van der Waals surface area contributed by atoms with Gasteiger partial charge in [0, 0.05) is 17.2 Å². The van der Waals surface area contributed by atoms with Gasteiger partial charge < -0.3 is 14.4 Å². The largest absolute Gasteiger partial charge is 0.340 e. The average Bonchev–Trinajstić information content (AvgIpc) is 3.35. The summed E-state index contributed by atoms with van der Waals surface area (Å²) in [7, 11) is 0. The van der Waals surface area contributed by atoms with Crippen LogP contribution in [-0.2, 0) is 0 Å². The number of fused-ring (bicyclic) bond motifs is 1. The van der Waals surface area contributed by atoms with Gasteiger partial charge in [0.25, 0.3) is 11.6 Å². The van der Waals surface area contributed by atoms with Crippen molar-refractivity contribution in [1.82, 2.24) is 25.6 Å². The molecule has 8 heteroatoms. The monoisotopic (exact) mass is 389 g/mol. The Kier molecular flexibility index (Phi) is 4.12. The number of nitrogens with zero attached hydrogens (tertiary/aromatic N) is 4. The van der Waals surface area contributed by atoms with Crippen LogP contribution in [0.1, 0.15) is 59.5 Å². The minimum absolute atomic E-state index is 0.261. The lowest BCUT2D eigenvalue weighted by Crippen LogP contribution is -2.27. The lowest BCUT2D eigenvalue weighted by atomic mass is 10.0. The van der Waals surface area contributed by atoms with Crippen LogP contribution in [0.4, 0.5) is 0 Å². The molecule has 0 radical (unpaired) electrons. The fourth-order valence-electron chi connectivity index (χ4n) is 3.36. The zero-order chi connectivity index (χ0) is 20.0. The Morgan fingerprint density at radius 1 is 1.14 bits per heavy atom. The van der Waals surface area contributed by atoms with Crippen molar-refractivity contribution < 1.29 is 13.8 Å². The summed E-state index contributed by atoms with van der Waals surface area (Å²) in [6, 6.07) is 11.0. The van der Waals surface area contributed by atoms with E-state index in [1.54, 1.807) is 13.8 Å². The van der Waals surface area contributed by atoms with Crippen molar-refractivity contribution in [2.45, 2.75) is 38.6 Å². The maximum atomic E-state index is 13.2. The lowest BCUT2D eigenvalue weighted by Gasteiger charge is -2.11. The molecule has 5 rings (SSSR count). The summed E-state index contributed by atoms with van der Waals surface area (Å²) >= 11 is 0. The molecule has 3 heterocycles. The Morgan fingerprint density at radius 3 is 2.62 bits per heavy atom. The SMILES string of the molecule is Cc1noc(C(C)NC(=O)c2cc(C3CC3)nc3onc(-c4ccccc4)c23)n1. The van der Waals surface area contributed by atoms with Crippen molar-refractivity contribution in [3.8, 4) is 11.3 Å². The summed E-state index contributed by atoms with van der Waals surface area (Å²) in [4.78, 5) is 22.0. The van der Waals surface area contributed by atoms with E-state index < -0.39 is 6.04 Å². The molecule has 4 aromatic rings. The van der Waals surface area contributed by atoms with E-state index >= 15 is 0 Å². The summed E-state index contributed by atoms with van der Waals surface area (Å²) in [6.45, 7) is 3.54. The highest BCUT2D eigenvalue weighted by atomic mass is 16.5. The van der Waals surface area contributed by atoms with Crippen LogP contribution in [-0.4, -0.2) is 26.2 Å². The predicted octanol–water partition coefficient (Wildman–Crippen LogP) is 3.95. The first kappa shape index (κ1) is 17.5. The van der Waals surface area contributed by atoms with Gasteiger partial charge >= 0.3 is 0 Å². The fourth-order valence-corrected chi connectivity index (χ4v) is 3.36. The number of nitrogens with one attached hydrogen (secondary N) is 1. The molecule has 1 N–H and O–H groups in total. The standard InChI is InChI=1S/C21H19N5O3/c1-11(20-23-12(2)25-28-20)22-19(27)15-10-16(13-8-9-13)24-21-17(15)18(26-29-21)14-6-4-3-5-7-14/h3-7,10-11,13H,8-9H2,1-2H3,(H,22,27). The fraction of sp³-hybridized carbons (Fsp3) is 0.286. The number of amides is 1. The molecular weight excluding hydrogens is 370 g/mol. The van der Waals surface area contributed by atoms with Crippen molar-refractivity contribution in [2.75, 3.05) is 0 Å². The molecule has 1 aliphatic rings. The van der Waals surface area contributed by atoms with Gasteiger partial charge in [-0.15, -0.1) is 0 Å². The van der Waals surface area contributed by atoms with Gasteiger partial charge in [0.15, 0.2) is 5.82 Å². The van der Waals surface area contributed by atoms with E-state index in [0.29, 0.717) is 40.0 Å². The normalized spacial score (nSPS) is 14.8. The topological polar surface area (TPSA) is 107 Å². The molecule has 146 valence electrons. The molecule has 1 fully saturated rings. The number of hydrogen-bond donors (Lipinski definition) is 1. The third-order valence-electron chi connectivity index (χ3n) is 5.02. The minimum Gasteiger partial charge on any atom is -0.340 e. The molecular formula is C21H19N5O3. The summed E-state index contributed by atoms with van der Waals surface area (Å²) in [5.74, 6) is 0.987. The molecule has 29 heavy (non-hydrogen) atoms. The maximum absolute atomic E-state index is 13.2. The molecule has 0 aliphatic heterocycles. The van der Waals surface area contributed by atoms with Crippen molar-refractivity contribution >= 4 is 17.0 Å². The molecule has 3 aromatic heterocycles. The number of carbonyl (C=O) groups excluding carboxylic acids is 1. The molecule has 0 spiro atoms. The van der Waals surface area contributed by atoms with E-state index in [9.17, 15) is 4.79 Å². The first-order valence-corrected chi connectivity index (χ1v) is 9.57. The zero-order valence-electron chi connectivity index (χ0n) is 16.0. The molecule has 0 saturated heterocycles. The smallest absolute Gasteiger partial charge is 0.259 e. The van der Waals surface area contributed by atoms with Crippen LogP contribution in [0, 0.1) is 6.92 Å². The summed E-state index contributed by atoms with van der Waals surface area (Å²) in [5, 5.41) is 11.5. The summed E-state index contributed by atoms with van der Waals surface area (Å²) < 4.78 is 10.7. The van der Waals surface area contributed by atoms with E-state index in [-0.39, 0.29) is 5.91 Å². The van der Waals surface area contributed by atoms with E-state index in [4.69, 9.17) is 9.05 Å². The maximum Gasteiger partial charge on any atom is 0.259 e. The summed E-state index contributed by atoms with van der Waals surface area (Å²) in [6.07, 6.45) is 2.13. The number of benzene rings is 1. The third kappa shape index (κ3) is 3.26. The molecule has 1 aromatic carbocycles. The van der Waals surface area contributed by atoms with Crippen LogP contribution >= 0.6 is 0 Å². The number of hydrogen-bond acceptors (Lipinski definition) is 7. The second-order valence-electron chi connectivity index (χ2n) is 7.32. The van der Waals surface area contributed by atoms with Gasteiger partial charge in [0.2, 0.25) is 5.89 Å². The Labute approximate surface area is 166 Å². The van der Waals surface area contributed by atoms with Crippen LogP contribution in [0.25, 0.3) is 22.4 Å². The first-order valence-electron chi connectivity index (χ1n) is 9.57. The molecule has 1 aliphatic carbocycles. The van der Waals surface area contributed by atoms with Gasteiger partial charge in [-0.3, -0.25) is 4.79 Å². The second kappa shape index (κ2) is 6.80. The average molecular weight is 389 g/mol. The molecule has 1 amide bonds. The Balaban J connectivity index is 1.58. The van der Waals surface area contributed by atoms with E-state index in [0.717, 1.165) is 24.1 Å². The minimum atomic E-state index is -0.434. The number of aromatic nitrogens is 4. The Bertz CT molecular complexity index is 1190. The van der Waals surface area contributed by atoms with Crippen LogP contribution in [0.15, 0.2) is 45.4 Å². The second-order valence-corrected chi connectivity index (χ2v) is 7.32. The third-order valence-corrected chi connectivity index (χ3v) is 5.02. The predicted molar refractivity (Wildman–Crippen MR) is 104 cm³/mol. The number of pyridine rings is 1.